The molecule has 0 saturated heterocycles. The molecular weight excluding hydrogens is 377 g/mol. The van der Waals surface area contributed by atoms with Crippen molar-refractivity contribution in [2.24, 2.45) is 0 Å². The number of hydrogen-bond acceptors (Lipinski definition) is 4. The van der Waals surface area contributed by atoms with Crippen LogP contribution in [0.3, 0.4) is 0 Å². The van der Waals surface area contributed by atoms with Gasteiger partial charge in [0.1, 0.15) is 5.82 Å². The van der Waals surface area contributed by atoms with Crippen LogP contribution in [-0.4, -0.2) is 28.3 Å². The Kier molecular flexibility index (Phi) is 6.16. The number of ether oxygens (including phenoxy) is 1. The normalized spacial score (nSPS) is 14.4. The molecule has 1 fully saturated rings. The first-order valence-electron chi connectivity index (χ1n) is 8.46. The van der Waals surface area contributed by atoms with Gasteiger partial charge in [0, 0.05) is 6.07 Å². The first-order valence-corrected chi connectivity index (χ1v) is 9.21. The molecule has 0 atom stereocenters. The lowest BCUT2D eigenvalue weighted by Gasteiger charge is -2.14. The molecule has 2 aromatic rings. The fourth-order valence-corrected chi connectivity index (χ4v) is 3.37. The monoisotopic (exact) mass is 395 g/mol. The number of amides is 1. The number of halogens is 2. The molecule has 8 heteroatoms. The maximum absolute atomic E-state index is 12.1. The molecular formula is C18H19Cl2N3O3. The van der Waals surface area contributed by atoms with Gasteiger partial charge in [0.05, 0.1) is 28.7 Å². The van der Waals surface area contributed by atoms with Crippen molar-refractivity contribution in [3.8, 4) is 0 Å². The molecule has 1 aromatic carbocycles. The Morgan fingerprint density at radius 1 is 1.19 bits per heavy atom. The van der Waals surface area contributed by atoms with Gasteiger partial charge in [0.25, 0.3) is 5.91 Å². The van der Waals surface area contributed by atoms with Crippen LogP contribution in [0.4, 0.5) is 5.82 Å². The molecule has 6 nitrogen and oxygen atoms in total. The highest BCUT2D eigenvalue weighted by molar-refractivity contribution is 6.42. The van der Waals surface area contributed by atoms with Gasteiger partial charge < -0.3 is 10.1 Å². The number of rotatable bonds is 6. The predicted octanol–water partition coefficient (Wildman–Crippen LogP) is 4.03. The Labute approximate surface area is 161 Å². The van der Waals surface area contributed by atoms with Gasteiger partial charge in [0.2, 0.25) is 0 Å². The van der Waals surface area contributed by atoms with Crippen molar-refractivity contribution < 1.29 is 14.3 Å². The van der Waals surface area contributed by atoms with Crippen molar-refractivity contribution in [1.82, 2.24) is 9.78 Å². The number of carbonyl (C=O) groups excluding carboxylic acids is 2. The second kappa shape index (κ2) is 8.56. The molecule has 26 heavy (non-hydrogen) atoms. The fourth-order valence-electron chi connectivity index (χ4n) is 3.05. The zero-order chi connectivity index (χ0) is 18.5. The van der Waals surface area contributed by atoms with Crippen LogP contribution in [0, 0.1) is 0 Å². The summed E-state index contributed by atoms with van der Waals surface area (Å²) in [6.07, 6.45) is 6.13. The summed E-state index contributed by atoms with van der Waals surface area (Å²) in [5.74, 6) is -0.280. The number of carbonyl (C=O) groups is 2. The smallest absolute Gasteiger partial charge is 0.310 e. The van der Waals surface area contributed by atoms with E-state index < -0.39 is 11.9 Å². The minimum Gasteiger partial charge on any atom is -0.455 e. The SMILES string of the molecule is O=C(COC(=O)Cc1ccc(Cl)c(Cl)c1)Nc1ccnn1C1CCCC1. The average molecular weight is 396 g/mol. The van der Waals surface area contributed by atoms with Gasteiger partial charge in [-0.25, -0.2) is 4.68 Å². The van der Waals surface area contributed by atoms with E-state index in [2.05, 4.69) is 10.4 Å². The fraction of sp³-hybridized carbons (Fsp3) is 0.389. The van der Waals surface area contributed by atoms with Crippen LogP contribution in [0.1, 0.15) is 37.3 Å². The molecule has 1 saturated carbocycles. The third-order valence-electron chi connectivity index (χ3n) is 4.31. The van der Waals surface area contributed by atoms with Gasteiger partial charge in [-0.15, -0.1) is 0 Å². The van der Waals surface area contributed by atoms with Crippen LogP contribution in [0.25, 0.3) is 0 Å². The standard InChI is InChI=1S/C18H19Cl2N3O3/c19-14-6-5-12(9-15(14)20)10-18(25)26-11-17(24)22-16-7-8-21-23(16)13-3-1-2-4-13/h5-9,13H,1-4,10-11H2,(H,22,24). The van der Waals surface area contributed by atoms with Gasteiger partial charge in [-0.05, 0) is 30.5 Å². The van der Waals surface area contributed by atoms with E-state index in [-0.39, 0.29) is 13.0 Å². The zero-order valence-corrected chi connectivity index (χ0v) is 15.6. The second-order valence-corrected chi connectivity index (χ2v) is 7.05. The molecule has 1 amide bonds. The summed E-state index contributed by atoms with van der Waals surface area (Å²) < 4.78 is 6.87. The molecule has 0 spiro atoms. The second-order valence-electron chi connectivity index (χ2n) is 6.23. The van der Waals surface area contributed by atoms with E-state index >= 15 is 0 Å². The van der Waals surface area contributed by atoms with E-state index in [1.165, 1.54) is 12.8 Å². The van der Waals surface area contributed by atoms with E-state index in [4.69, 9.17) is 27.9 Å². The summed E-state index contributed by atoms with van der Waals surface area (Å²) >= 11 is 11.8. The summed E-state index contributed by atoms with van der Waals surface area (Å²) in [5.41, 5.74) is 0.670. The van der Waals surface area contributed by atoms with Crippen molar-refractivity contribution in [2.45, 2.75) is 38.1 Å². The first kappa shape index (κ1) is 18.7. The Morgan fingerprint density at radius 2 is 1.96 bits per heavy atom. The highest BCUT2D eigenvalue weighted by Gasteiger charge is 2.20. The van der Waals surface area contributed by atoms with Crippen LogP contribution < -0.4 is 5.32 Å². The lowest BCUT2D eigenvalue weighted by molar-refractivity contribution is -0.146. The third kappa shape index (κ3) is 4.77. The molecule has 0 radical (unpaired) electrons. The van der Waals surface area contributed by atoms with Crippen LogP contribution in [0.2, 0.25) is 10.0 Å². The number of nitrogens with one attached hydrogen (secondary N) is 1. The van der Waals surface area contributed by atoms with Gasteiger partial charge in [-0.1, -0.05) is 42.1 Å². The maximum Gasteiger partial charge on any atom is 0.310 e. The van der Waals surface area contributed by atoms with Crippen LogP contribution >= 0.6 is 23.2 Å². The first-order chi connectivity index (χ1) is 12.5. The molecule has 3 rings (SSSR count). The number of nitrogens with zero attached hydrogens (tertiary/aromatic N) is 2. The summed E-state index contributed by atoms with van der Waals surface area (Å²) in [5, 5.41) is 7.83. The number of esters is 1. The number of hydrogen-bond donors (Lipinski definition) is 1. The Bertz CT molecular complexity index is 801. The molecule has 1 aromatic heterocycles. The lowest BCUT2D eigenvalue weighted by atomic mass is 10.1. The Hall–Kier alpha value is -2.05. The highest BCUT2D eigenvalue weighted by Crippen LogP contribution is 2.31. The number of anilines is 1. The molecule has 1 aliphatic rings. The van der Waals surface area contributed by atoms with E-state index in [1.54, 1.807) is 30.5 Å². The lowest BCUT2D eigenvalue weighted by Crippen LogP contribution is -2.23. The van der Waals surface area contributed by atoms with Gasteiger partial charge in [-0.2, -0.15) is 5.10 Å². The van der Waals surface area contributed by atoms with E-state index in [0.29, 0.717) is 27.5 Å². The van der Waals surface area contributed by atoms with Gasteiger partial charge in [-0.3, -0.25) is 9.59 Å². The van der Waals surface area contributed by atoms with Crippen molar-refractivity contribution >= 4 is 40.9 Å². The van der Waals surface area contributed by atoms with Crippen LogP contribution in [-0.2, 0) is 20.7 Å². The average Bonchev–Trinajstić information content (AvgIpc) is 3.27. The van der Waals surface area contributed by atoms with Crippen molar-refractivity contribution in [2.75, 3.05) is 11.9 Å². The third-order valence-corrected chi connectivity index (χ3v) is 5.04. The van der Waals surface area contributed by atoms with Gasteiger partial charge >= 0.3 is 5.97 Å². The Balaban J connectivity index is 1.49. The minimum atomic E-state index is -0.511. The highest BCUT2D eigenvalue weighted by atomic mass is 35.5. The molecule has 0 bridgehead atoms. The molecule has 1 N–H and O–H groups in total. The topological polar surface area (TPSA) is 73.2 Å². The van der Waals surface area contributed by atoms with Crippen LogP contribution in [0.5, 0.6) is 0 Å². The predicted molar refractivity (Wildman–Crippen MR) is 99.5 cm³/mol. The minimum absolute atomic E-state index is 0.0180. The molecule has 0 aliphatic heterocycles. The zero-order valence-electron chi connectivity index (χ0n) is 14.1. The maximum atomic E-state index is 12.1. The van der Waals surface area contributed by atoms with Crippen molar-refractivity contribution in [1.29, 1.82) is 0 Å². The summed E-state index contributed by atoms with van der Waals surface area (Å²) in [6.45, 7) is -0.351. The van der Waals surface area contributed by atoms with E-state index in [9.17, 15) is 9.59 Å². The van der Waals surface area contributed by atoms with Crippen molar-refractivity contribution in [3.63, 3.8) is 0 Å². The number of benzene rings is 1. The summed E-state index contributed by atoms with van der Waals surface area (Å²) in [4.78, 5) is 24.0. The van der Waals surface area contributed by atoms with Crippen molar-refractivity contribution in [3.05, 3.63) is 46.1 Å². The van der Waals surface area contributed by atoms with Gasteiger partial charge in [0.15, 0.2) is 6.61 Å². The largest absolute Gasteiger partial charge is 0.455 e. The molecule has 138 valence electrons. The quantitative estimate of drug-likeness (QED) is 0.749. The molecule has 1 aliphatic carbocycles. The van der Waals surface area contributed by atoms with E-state index in [0.717, 1.165) is 12.8 Å². The molecule has 0 unspecified atom stereocenters. The summed E-state index contributed by atoms with van der Waals surface area (Å²) in [7, 11) is 0. The van der Waals surface area contributed by atoms with E-state index in [1.807, 2.05) is 4.68 Å². The summed E-state index contributed by atoms with van der Waals surface area (Å²) in [6, 6.07) is 6.97. The molecule has 1 heterocycles. The number of aromatic nitrogens is 2. The Morgan fingerprint density at radius 3 is 2.69 bits per heavy atom. The van der Waals surface area contributed by atoms with Crippen LogP contribution in [0.15, 0.2) is 30.5 Å².